The van der Waals surface area contributed by atoms with Crippen LogP contribution in [0.25, 0.3) is 0 Å². The number of piperidine rings is 1. The number of carboxylic acids is 1. The Labute approximate surface area is 122 Å². The number of likely N-dealkylation sites (tertiary alicyclic amines) is 1. The highest BCUT2D eigenvalue weighted by Gasteiger charge is 2.28. The number of carboxylic acid groups (broad SMARTS) is 1. The quantitative estimate of drug-likeness (QED) is 0.872. The molecule has 1 aromatic rings. The zero-order chi connectivity index (χ0) is 15.2. The van der Waals surface area contributed by atoms with Crippen molar-refractivity contribution in [3.8, 4) is 0 Å². The van der Waals surface area contributed by atoms with Crippen LogP contribution < -0.4 is 5.32 Å². The monoisotopic (exact) mass is 294 g/mol. The fourth-order valence-corrected chi connectivity index (χ4v) is 2.57. The van der Waals surface area contributed by atoms with E-state index >= 15 is 0 Å². The van der Waals surface area contributed by atoms with Crippen LogP contribution in [0.5, 0.6) is 0 Å². The average Bonchev–Trinajstić information content (AvgIpc) is 2.45. The fraction of sp³-hybridized carbons (Fsp3) is 0.467. The van der Waals surface area contributed by atoms with E-state index < -0.39 is 17.8 Å². The number of hydrogen-bond acceptors (Lipinski definition) is 3. The lowest BCUT2D eigenvalue weighted by Crippen LogP contribution is -2.45. The molecule has 0 bridgehead atoms. The Hall–Kier alpha value is -1.95. The summed E-state index contributed by atoms with van der Waals surface area (Å²) < 4.78 is 13.0. The zero-order valence-corrected chi connectivity index (χ0v) is 11.7. The maximum Gasteiger partial charge on any atom is 0.320 e. The maximum atomic E-state index is 13.0. The van der Waals surface area contributed by atoms with E-state index in [2.05, 4.69) is 5.32 Å². The number of rotatable bonds is 5. The van der Waals surface area contributed by atoms with Gasteiger partial charge in [-0.15, -0.1) is 0 Å². The maximum absolute atomic E-state index is 13.0. The Morgan fingerprint density at radius 1 is 1.38 bits per heavy atom. The van der Waals surface area contributed by atoms with E-state index in [1.807, 2.05) is 4.90 Å². The smallest absolute Gasteiger partial charge is 0.320 e. The molecule has 21 heavy (non-hydrogen) atoms. The molecule has 1 unspecified atom stereocenters. The third-order valence-electron chi connectivity index (χ3n) is 3.63. The van der Waals surface area contributed by atoms with Crippen LogP contribution in [0.15, 0.2) is 24.3 Å². The molecule has 1 saturated heterocycles. The van der Waals surface area contributed by atoms with Crippen molar-refractivity contribution >= 4 is 17.6 Å². The van der Waals surface area contributed by atoms with Gasteiger partial charge in [0.15, 0.2) is 0 Å². The lowest BCUT2D eigenvalue weighted by atomic mass is 10.0. The second kappa shape index (κ2) is 7.17. The summed E-state index contributed by atoms with van der Waals surface area (Å²) in [5.74, 6) is -1.48. The second-order valence-electron chi connectivity index (χ2n) is 5.19. The molecular formula is C15H19FN2O3. The normalized spacial score (nSPS) is 19.2. The van der Waals surface area contributed by atoms with Crippen LogP contribution in [0.1, 0.15) is 25.7 Å². The summed E-state index contributed by atoms with van der Waals surface area (Å²) in [6, 6.07) is 5.19. The Balaban J connectivity index is 1.84. The third kappa shape index (κ3) is 4.53. The van der Waals surface area contributed by atoms with Gasteiger partial charge in [-0.25, -0.2) is 4.39 Å². The van der Waals surface area contributed by atoms with Crippen molar-refractivity contribution in [2.45, 2.75) is 31.7 Å². The van der Waals surface area contributed by atoms with Gasteiger partial charge in [-0.3, -0.25) is 14.5 Å². The molecule has 1 aliphatic rings. The van der Waals surface area contributed by atoms with Gasteiger partial charge in [-0.1, -0.05) is 12.5 Å². The molecule has 1 atom stereocenters. The molecule has 0 radical (unpaired) electrons. The van der Waals surface area contributed by atoms with Crippen molar-refractivity contribution in [3.63, 3.8) is 0 Å². The van der Waals surface area contributed by atoms with Crippen LogP contribution in [0.2, 0.25) is 0 Å². The van der Waals surface area contributed by atoms with Crippen LogP contribution in [0, 0.1) is 5.82 Å². The van der Waals surface area contributed by atoms with Gasteiger partial charge >= 0.3 is 5.97 Å². The molecule has 1 aliphatic heterocycles. The molecule has 2 N–H and O–H groups in total. The number of carbonyl (C=O) groups is 2. The minimum atomic E-state index is -0.833. The first-order chi connectivity index (χ1) is 10.1. The third-order valence-corrected chi connectivity index (χ3v) is 3.63. The van der Waals surface area contributed by atoms with Gasteiger partial charge in [0.1, 0.15) is 11.9 Å². The van der Waals surface area contributed by atoms with Gasteiger partial charge in [0.25, 0.3) is 0 Å². The largest absolute Gasteiger partial charge is 0.480 e. The first-order valence-corrected chi connectivity index (χ1v) is 7.08. The number of benzene rings is 1. The van der Waals surface area contributed by atoms with E-state index in [0.29, 0.717) is 25.2 Å². The van der Waals surface area contributed by atoms with Gasteiger partial charge < -0.3 is 10.4 Å². The topological polar surface area (TPSA) is 69.6 Å². The lowest BCUT2D eigenvalue weighted by Gasteiger charge is -2.32. The molecule has 114 valence electrons. The number of aliphatic carboxylic acids is 1. The van der Waals surface area contributed by atoms with Gasteiger partial charge in [0, 0.05) is 18.7 Å². The summed E-state index contributed by atoms with van der Waals surface area (Å²) in [6.45, 7) is 1.10. The summed E-state index contributed by atoms with van der Waals surface area (Å²) in [5, 5.41) is 11.8. The van der Waals surface area contributed by atoms with Crippen molar-refractivity contribution in [2.75, 3.05) is 18.4 Å². The van der Waals surface area contributed by atoms with Crippen molar-refractivity contribution in [1.29, 1.82) is 0 Å². The number of hydrogen-bond donors (Lipinski definition) is 2. The van der Waals surface area contributed by atoms with E-state index in [0.717, 1.165) is 12.8 Å². The highest BCUT2D eigenvalue weighted by Crippen LogP contribution is 2.17. The Kier molecular flexibility index (Phi) is 5.27. The SMILES string of the molecule is O=C(CCN1CCCCC1C(=O)O)Nc1cccc(F)c1. The van der Waals surface area contributed by atoms with Crippen LogP contribution in [-0.2, 0) is 9.59 Å². The standard InChI is InChI=1S/C15H19FN2O3/c16-11-4-3-5-12(10-11)17-14(19)7-9-18-8-2-1-6-13(18)15(20)21/h3-5,10,13H,1-2,6-9H2,(H,17,19)(H,20,21). The van der Waals surface area contributed by atoms with Crippen LogP contribution in [0.4, 0.5) is 10.1 Å². The molecule has 0 saturated carbocycles. The predicted molar refractivity (Wildman–Crippen MR) is 76.5 cm³/mol. The summed E-state index contributed by atoms with van der Waals surface area (Å²) >= 11 is 0. The first kappa shape index (κ1) is 15.4. The number of nitrogens with zero attached hydrogens (tertiary/aromatic N) is 1. The average molecular weight is 294 g/mol. The Bertz CT molecular complexity index is 521. The summed E-state index contributed by atoms with van der Waals surface area (Å²) in [4.78, 5) is 24.8. The lowest BCUT2D eigenvalue weighted by molar-refractivity contribution is -0.144. The van der Waals surface area contributed by atoms with Crippen LogP contribution in [0.3, 0.4) is 0 Å². The van der Waals surface area contributed by atoms with Crippen LogP contribution >= 0.6 is 0 Å². The Morgan fingerprint density at radius 2 is 2.19 bits per heavy atom. The summed E-state index contributed by atoms with van der Waals surface area (Å²) in [6.07, 6.45) is 2.68. The van der Waals surface area contributed by atoms with Gasteiger partial charge in [0.2, 0.25) is 5.91 Å². The molecule has 0 aliphatic carbocycles. The highest BCUT2D eigenvalue weighted by molar-refractivity contribution is 5.90. The van der Waals surface area contributed by atoms with Gasteiger partial charge in [-0.05, 0) is 37.6 Å². The van der Waals surface area contributed by atoms with Gasteiger partial charge in [-0.2, -0.15) is 0 Å². The molecule has 6 heteroatoms. The van der Waals surface area contributed by atoms with Gasteiger partial charge in [0.05, 0.1) is 0 Å². The molecular weight excluding hydrogens is 275 g/mol. The molecule has 1 aromatic carbocycles. The zero-order valence-electron chi connectivity index (χ0n) is 11.7. The number of amides is 1. The van der Waals surface area contributed by atoms with E-state index in [4.69, 9.17) is 5.11 Å². The van der Waals surface area contributed by atoms with Crippen molar-refractivity contribution in [1.82, 2.24) is 4.90 Å². The highest BCUT2D eigenvalue weighted by atomic mass is 19.1. The minimum absolute atomic E-state index is 0.195. The molecule has 1 amide bonds. The molecule has 2 rings (SSSR count). The van der Waals surface area contributed by atoms with Crippen molar-refractivity contribution in [2.24, 2.45) is 0 Å². The molecule has 1 heterocycles. The summed E-state index contributed by atoms with van der Waals surface area (Å²) in [7, 11) is 0. The number of nitrogens with one attached hydrogen (secondary N) is 1. The minimum Gasteiger partial charge on any atom is -0.480 e. The van der Waals surface area contributed by atoms with Crippen LogP contribution in [-0.4, -0.2) is 41.0 Å². The molecule has 0 aromatic heterocycles. The first-order valence-electron chi connectivity index (χ1n) is 7.08. The second-order valence-corrected chi connectivity index (χ2v) is 5.19. The summed E-state index contributed by atoms with van der Waals surface area (Å²) in [5.41, 5.74) is 0.411. The number of anilines is 1. The van der Waals surface area contributed by atoms with Crippen molar-refractivity contribution < 1.29 is 19.1 Å². The van der Waals surface area contributed by atoms with E-state index in [1.165, 1.54) is 18.2 Å². The predicted octanol–water partition coefficient (Wildman–Crippen LogP) is 2.09. The van der Waals surface area contributed by atoms with E-state index in [-0.39, 0.29) is 12.3 Å². The number of carbonyl (C=O) groups excluding carboxylic acids is 1. The molecule has 1 fully saturated rings. The van der Waals surface area contributed by atoms with Crippen molar-refractivity contribution in [3.05, 3.63) is 30.1 Å². The van der Waals surface area contributed by atoms with E-state index in [9.17, 15) is 14.0 Å². The number of halogens is 1. The fourth-order valence-electron chi connectivity index (χ4n) is 2.57. The van der Waals surface area contributed by atoms with E-state index in [1.54, 1.807) is 6.07 Å². The molecule has 5 nitrogen and oxygen atoms in total. The molecule has 0 spiro atoms. The Morgan fingerprint density at radius 3 is 2.90 bits per heavy atom.